The highest BCUT2D eigenvalue weighted by atomic mass is 19.4. The van der Waals surface area contributed by atoms with Crippen LogP contribution in [0.15, 0.2) is 59.1 Å². The molecule has 0 N–H and O–H groups in total. The quantitative estimate of drug-likeness (QED) is 0.521. The molecule has 36 heavy (non-hydrogen) atoms. The van der Waals surface area contributed by atoms with Gasteiger partial charge < -0.3 is 14.3 Å². The van der Waals surface area contributed by atoms with Crippen LogP contribution in [-0.2, 0) is 17.5 Å². The molecule has 5 rings (SSSR count). The number of anilines is 1. The van der Waals surface area contributed by atoms with Gasteiger partial charge in [-0.1, -0.05) is 41.6 Å². The minimum absolute atomic E-state index is 0.110. The van der Waals surface area contributed by atoms with E-state index in [1.54, 1.807) is 6.07 Å². The Morgan fingerprint density at radius 1 is 1.00 bits per heavy atom. The molecule has 2 saturated heterocycles. The average Bonchev–Trinajstić information content (AvgIpc) is 3.37. The van der Waals surface area contributed by atoms with Gasteiger partial charge in [0, 0.05) is 44.0 Å². The van der Waals surface area contributed by atoms with Gasteiger partial charge in [-0.2, -0.15) is 18.2 Å². The minimum atomic E-state index is -4.37. The number of nitrogens with zero attached hydrogens (tertiary/aromatic N) is 5. The number of likely N-dealkylation sites (tertiary alicyclic amines) is 1. The first-order chi connectivity index (χ1) is 17.4. The summed E-state index contributed by atoms with van der Waals surface area (Å²) in [7, 11) is 0. The number of carbonyl (C=O) groups is 1. The van der Waals surface area contributed by atoms with Crippen LogP contribution in [0.3, 0.4) is 0 Å². The van der Waals surface area contributed by atoms with Crippen molar-refractivity contribution in [3.05, 3.63) is 66.1 Å². The Labute approximate surface area is 207 Å². The summed E-state index contributed by atoms with van der Waals surface area (Å²) in [6.07, 6.45) is -2.65. The predicted molar refractivity (Wildman–Crippen MR) is 128 cm³/mol. The number of halogens is 3. The van der Waals surface area contributed by atoms with Gasteiger partial charge in [-0.25, -0.2) is 0 Å². The summed E-state index contributed by atoms with van der Waals surface area (Å²) >= 11 is 0. The first-order valence-corrected chi connectivity index (χ1v) is 12.2. The molecule has 2 aromatic carbocycles. The SMILES string of the molecule is O=C(C1CCCN(Cc2nc(-c3ccccc3)no2)C1)N1CCN(c2cccc(C(F)(F)F)c2)CC1. The van der Waals surface area contributed by atoms with Crippen LogP contribution in [0, 0.1) is 5.92 Å². The van der Waals surface area contributed by atoms with Crippen molar-refractivity contribution < 1.29 is 22.5 Å². The van der Waals surface area contributed by atoms with Crippen molar-refractivity contribution in [1.29, 1.82) is 0 Å². The summed E-state index contributed by atoms with van der Waals surface area (Å²) in [5.74, 6) is 1.07. The average molecular weight is 500 g/mol. The van der Waals surface area contributed by atoms with Gasteiger partial charge in [0.15, 0.2) is 0 Å². The lowest BCUT2D eigenvalue weighted by molar-refractivity contribution is -0.138. The third-order valence-electron chi connectivity index (χ3n) is 6.84. The summed E-state index contributed by atoms with van der Waals surface area (Å²) in [5.41, 5.74) is 0.775. The molecule has 1 amide bonds. The molecule has 3 aromatic rings. The molecule has 2 fully saturated rings. The highest BCUT2D eigenvalue weighted by Gasteiger charge is 2.33. The summed E-state index contributed by atoms with van der Waals surface area (Å²) in [6.45, 7) is 3.98. The van der Waals surface area contributed by atoms with E-state index in [2.05, 4.69) is 15.0 Å². The van der Waals surface area contributed by atoms with Crippen molar-refractivity contribution in [3.63, 3.8) is 0 Å². The van der Waals surface area contributed by atoms with Crippen molar-refractivity contribution in [2.45, 2.75) is 25.6 Å². The van der Waals surface area contributed by atoms with Gasteiger partial charge in [-0.15, -0.1) is 0 Å². The number of aromatic nitrogens is 2. The van der Waals surface area contributed by atoms with Gasteiger partial charge in [-0.3, -0.25) is 9.69 Å². The van der Waals surface area contributed by atoms with E-state index >= 15 is 0 Å². The van der Waals surface area contributed by atoms with Crippen molar-refractivity contribution >= 4 is 11.6 Å². The van der Waals surface area contributed by atoms with Crippen molar-refractivity contribution in [2.24, 2.45) is 5.92 Å². The van der Waals surface area contributed by atoms with Gasteiger partial charge >= 0.3 is 6.18 Å². The second kappa shape index (κ2) is 10.3. The Morgan fingerprint density at radius 2 is 1.78 bits per heavy atom. The molecular weight excluding hydrogens is 471 g/mol. The zero-order valence-electron chi connectivity index (χ0n) is 19.8. The molecule has 0 spiro atoms. The zero-order chi connectivity index (χ0) is 25.1. The van der Waals surface area contributed by atoms with Crippen LogP contribution in [0.1, 0.15) is 24.3 Å². The van der Waals surface area contributed by atoms with Crippen LogP contribution < -0.4 is 4.90 Å². The first kappa shape index (κ1) is 24.3. The van der Waals surface area contributed by atoms with Crippen molar-refractivity contribution in [2.75, 3.05) is 44.2 Å². The number of hydrogen-bond donors (Lipinski definition) is 0. The number of carbonyl (C=O) groups excluding carboxylic acids is 1. The molecule has 3 heterocycles. The molecular formula is C26H28F3N5O2. The van der Waals surface area contributed by atoms with E-state index in [0.717, 1.165) is 31.0 Å². The number of alkyl halides is 3. The zero-order valence-corrected chi connectivity index (χ0v) is 19.8. The Balaban J connectivity index is 1.15. The highest BCUT2D eigenvalue weighted by Crippen LogP contribution is 2.32. The fraction of sp³-hybridized carbons (Fsp3) is 0.423. The molecule has 0 saturated carbocycles. The molecule has 7 nitrogen and oxygen atoms in total. The standard InChI is InChI=1S/C26H28F3N5O2/c27-26(28,29)21-9-4-10-22(16-21)33-12-14-34(15-13-33)25(35)20-8-5-11-32(17-20)18-23-30-24(31-36-23)19-6-2-1-3-7-19/h1-4,6-7,9-10,16,20H,5,8,11-15,17-18H2. The summed E-state index contributed by atoms with van der Waals surface area (Å²) in [6, 6.07) is 15.0. The maximum absolute atomic E-state index is 13.2. The molecule has 2 aliphatic rings. The lowest BCUT2D eigenvalue weighted by Crippen LogP contribution is -2.52. The summed E-state index contributed by atoms with van der Waals surface area (Å²) in [4.78, 5) is 23.7. The van der Waals surface area contributed by atoms with Crippen LogP contribution in [-0.4, -0.2) is 65.1 Å². The smallest absolute Gasteiger partial charge is 0.368 e. The number of rotatable bonds is 5. The third-order valence-corrected chi connectivity index (χ3v) is 6.84. The maximum Gasteiger partial charge on any atom is 0.416 e. The van der Waals surface area contributed by atoms with Gasteiger partial charge in [0.2, 0.25) is 17.6 Å². The van der Waals surface area contributed by atoms with Gasteiger partial charge in [0.25, 0.3) is 0 Å². The highest BCUT2D eigenvalue weighted by molar-refractivity contribution is 5.79. The van der Waals surface area contributed by atoms with E-state index in [9.17, 15) is 18.0 Å². The molecule has 2 aliphatic heterocycles. The van der Waals surface area contributed by atoms with E-state index in [1.807, 2.05) is 40.1 Å². The fourth-order valence-corrected chi connectivity index (χ4v) is 4.94. The van der Waals surface area contributed by atoms with Crippen LogP contribution in [0.25, 0.3) is 11.4 Å². The van der Waals surface area contributed by atoms with Crippen molar-refractivity contribution in [3.8, 4) is 11.4 Å². The van der Waals surface area contributed by atoms with E-state index in [0.29, 0.717) is 56.7 Å². The monoisotopic (exact) mass is 499 g/mol. The number of hydrogen-bond acceptors (Lipinski definition) is 6. The molecule has 1 unspecified atom stereocenters. The van der Waals surface area contributed by atoms with E-state index in [4.69, 9.17) is 4.52 Å². The summed E-state index contributed by atoms with van der Waals surface area (Å²) < 4.78 is 44.6. The van der Waals surface area contributed by atoms with E-state index in [1.165, 1.54) is 12.1 Å². The van der Waals surface area contributed by atoms with Crippen LogP contribution in [0.5, 0.6) is 0 Å². The lowest BCUT2D eigenvalue weighted by atomic mass is 9.96. The van der Waals surface area contributed by atoms with Crippen molar-refractivity contribution in [1.82, 2.24) is 19.9 Å². The predicted octanol–water partition coefficient (Wildman–Crippen LogP) is 4.32. The Bertz CT molecular complexity index is 1180. The van der Waals surface area contributed by atoms with Gasteiger partial charge in [-0.05, 0) is 37.6 Å². The topological polar surface area (TPSA) is 65.7 Å². The number of piperidine rings is 1. The fourth-order valence-electron chi connectivity index (χ4n) is 4.94. The van der Waals surface area contributed by atoms with E-state index in [-0.39, 0.29) is 11.8 Å². The largest absolute Gasteiger partial charge is 0.416 e. The third kappa shape index (κ3) is 5.53. The van der Waals surface area contributed by atoms with Gasteiger partial charge in [0.1, 0.15) is 0 Å². The maximum atomic E-state index is 13.2. The number of piperazine rings is 1. The van der Waals surface area contributed by atoms with E-state index < -0.39 is 11.7 Å². The minimum Gasteiger partial charge on any atom is -0.368 e. The molecule has 0 bridgehead atoms. The normalized spacial score (nSPS) is 19.5. The molecule has 1 aromatic heterocycles. The lowest BCUT2D eigenvalue weighted by Gasteiger charge is -2.39. The number of amides is 1. The molecule has 10 heteroatoms. The Morgan fingerprint density at radius 3 is 2.53 bits per heavy atom. The molecule has 0 radical (unpaired) electrons. The van der Waals surface area contributed by atoms with Crippen LogP contribution in [0.4, 0.5) is 18.9 Å². The van der Waals surface area contributed by atoms with Crippen LogP contribution >= 0.6 is 0 Å². The van der Waals surface area contributed by atoms with Crippen LogP contribution in [0.2, 0.25) is 0 Å². The van der Waals surface area contributed by atoms with Gasteiger partial charge in [0.05, 0.1) is 18.0 Å². The first-order valence-electron chi connectivity index (χ1n) is 12.2. The summed E-state index contributed by atoms with van der Waals surface area (Å²) in [5, 5.41) is 4.08. The molecule has 0 aliphatic carbocycles. The molecule has 1 atom stereocenters. The second-order valence-corrected chi connectivity index (χ2v) is 9.31. The Hall–Kier alpha value is -3.40. The second-order valence-electron chi connectivity index (χ2n) is 9.31. The Kier molecular flexibility index (Phi) is 6.95. The number of benzene rings is 2. The molecule has 190 valence electrons.